The topological polar surface area (TPSA) is 22.0 Å². The molecule has 0 bridgehead atoms. The van der Waals surface area contributed by atoms with Gasteiger partial charge in [0.1, 0.15) is 0 Å². The second-order valence-electron chi connectivity index (χ2n) is 6.52. The van der Waals surface area contributed by atoms with E-state index in [0.717, 1.165) is 5.56 Å². The fourth-order valence-electron chi connectivity index (χ4n) is 2.18. The van der Waals surface area contributed by atoms with Crippen molar-refractivity contribution in [3.8, 4) is 0 Å². The fraction of sp³-hybridized carbons (Fsp3) is 0.667. The van der Waals surface area contributed by atoms with Gasteiger partial charge in [-0.1, -0.05) is 20.8 Å². The highest BCUT2D eigenvalue weighted by atomic mass is 16.1. The Balaban J connectivity index is 2.61. The molecule has 0 N–H and O–H groups in total. The minimum absolute atomic E-state index is 0.0708. The number of pyridine rings is 1. The van der Waals surface area contributed by atoms with Gasteiger partial charge >= 0.3 is 0 Å². The summed E-state index contributed by atoms with van der Waals surface area (Å²) in [5.74, 6) is 0.696. The van der Waals surface area contributed by atoms with Gasteiger partial charge in [-0.2, -0.15) is 0 Å². The van der Waals surface area contributed by atoms with E-state index < -0.39 is 0 Å². The lowest BCUT2D eigenvalue weighted by Gasteiger charge is -2.22. The van der Waals surface area contributed by atoms with Crippen LogP contribution in [0.1, 0.15) is 70.5 Å². The molecule has 1 aliphatic rings. The van der Waals surface area contributed by atoms with Crippen LogP contribution < -0.4 is 5.56 Å². The molecule has 2 nitrogen and oxygen atoms in total. The molecule has 1 fully saturated rings. The summed E-state index contributed by atoms with van der Waals surface area (Å²) in [6, 6.07) is 2.38. The number of aromatic nitrogens is 1. The van der Waals surface area contributed by atoms with Crippen molar-refractivity contribution in [1.29, 1.82) is 0 Å². The summed E-state index contributed by atoms with van der Waals surface area (Å²) in [6.45, 7) is 10.5. The van der Waals surface area contributed by atoms with Crippen molar-refractivity contribution in [2.24, 2.45) is 0 Å². The average molecular weight is 233 g/mol. The third-order valence-corrected chi connectivity index (χ3v) is 3.48. The number of rotatable bonds is 2. The molecular formula is C15H23NO. The Kier molecular flexibility index (Phi) is 2.92. The van der Waals surface area contributed by atoms with Crippen molar-refractivity contribution >= 4 is 0 Å². The van der Waals surface area contributed by atoms with Crippen molar-refractivity contribution < 1.29 is 0 Å². The van der Waals surface area contributed by atoms with Crippen molar-refractivity contribution in [1.82, 2.24) is 4.57 Å². The van der Waals surface area contributed by atoms with Crippen LogP contribution in [-0.4, -0.2) is 4.57 Å². The molecule has 1 saturated carbocycles. The Morgan fingerprint density at radius 1 is 1.29 bits per heavy atom. The highest BCUT2D eigenvalue weighted by Crippen LogP contribution is 2.40. The maximum Gasteiger partial charge on any atom is 0.254 e. The van der Waals surface area contributed by atoms with E-state index in [1.54, 1.807) is 0 Å². The zero-order valence-corrected chi connectivity index (χ0v) is 11.6. The predicted molar refractivity (Wildman–Crippen MR) is 71.8 cm³/mol. The highest BCUT2D eigenvalue weighted by Gasteiger charge is 2.28. The maximum atomic E-state index is 12.4. The Hall–Kier alpha value is -1.05. The Morgan fingerprint density at radius 3 is 2.29 bits per heavy atom. The zero-order chi connectivity index (χ0) is 12.8. The smallest absolute Gasteiger partial charge is 0.254 e. The molecule has 0 aromatic carbocycles. The first kappa shape index (κ1) is 12.4. The minimum atomic E-state index is -0.0708. The minimum Gasteiger partial charge on any atom is -0.312 e. The van der Waals surface area contributed by atoms with Crippen LogP contribution in [0, 0.1) is 0 Å². The van der Waals surface area contributed by atoms with Gasteiger partial charge in [0.15, 0.2) is 0 Å². The molecule has 2 heteroatoms. The van der Waals surface area contributed by atoms with Crippen LogP contribution in [0.2, 0.25) is 0 Å². The first-order valence-electron chi connectivity index (χ1n) is 6.57. The molecule has 0 atom stereocenters. The number of nitrogens with zero attached hydrogens (tertiary/aromatic N) is 1. The van der Waals surface area contributed by atoms with Gasteiger partial charge in [0, 0.05) is 17.8 Å². The molecule has 2 rings (SSSR count). The predicted octanol–water partition coefficient (Wildman–Crippen LogP) is 3.60. The Labute approximate surface area is 104 Å². The summed E-state index contributed by atoms with van der Waals surface area (Å²) in [5.41, 5.74) is 2.41. The number of hydrogen-bond acceptors (Lipinski definition) is 1. The van der Waals surface area contributed by atoms with Crippen LogP contribution in [-0.2, 0) is 5.41 Å². The summed E-state index contributed by atoms with van der Waals surface area (Å²) >= 11 is 0. The van der Waals surface area contributed by atoms with Crippen molar-refractivity contribution in [3.05, 3.63) is 33.7 Å². The van der Waals surface area contributed by atoms with Crippen molar-refractivity contribution in [3.63, 3.8) is 0 Å². The molecular weight excluding hydrogens is 210 g/mol. The summed E-state index contributed by atoms with van der Waals surface area (Å²) in [6.07, 6.45) is 4.62. The SMILES string of the molecule is CC(C)n1cc(C2CC2)cc(C(C)(C)C)c1=O. The maximum absolute atomic E-state index is 12.4. The van der Waals surface area contributed by atoms with Crippen LogP contribution >= 0.6 is 0 Å². The van der Waals surface area contributed by atoms with E-state index in [1.165, 1.54) is 18.4 Å². The van der Waals surface area contributed by atoms with Gasteiger partial charge in [0.2, 0.25) is 0 Å². The van der Waals surface area contributed by atoms with Gasteiger partial charge in [-0.25, -0.2) is 0 Å². The Bertz CT molecular complexity index is 473. The first-order chi connectivity index (χ1) is 7.80. The van der Waals surface area contributed by atoms with Gasteiger partial charge in [0.05, 0.1) is 0 Å². The molecule has 1 aliphatic carbocycles. The number of hydrogen-bond donors (Lipinski definition) is 0. The molecule has 0 radical (unpaired) electrons. The molecule has 1 aromatic rings. The van der Waals surface area contributed by atoms with Gasteiger partial charge in [-0.15, -0.1) is 0 Å². The Morgan fingerprint density at radius 2 is 1.88 bits per heavy atom. The summed E-state index contributed by atoms with van der Waals surface area (Å²) < 4.78 is 1.90. The van der Waals surface area contributed by atoms with E-state index in [9.17, 15) is 4.79 Å². The summed E-state index contributed by atoms with van der Waals surface area (Å²) in [4.78, 5) is 12.4. The molecule has 0 amide bonds. The van der Waals surface area contributed by atoms with E-state index in [2.05, 4.69) is 46.9 Å². The largest absolute Gasteiger partial charge is 0.312 e. The molecule has 0 aliphatic heterocycles. The van der Waals surface area contributed by atoms with E-state index in [4.69, 9.17) is 0 Å². The molecule has 0 saturated heterocycles. The second-order valence-corrected chi connectivity index (χ2v) is 6.52. The van der Waals surface area contributed by atoms with Gasteiger partial charge in [-0.3, -0.25) is 4.79 Å². The standard InChI is InChI=1S/C15H23NO/c1-10(2)16-9-12(11-6-7-11)8-13(14(16)17)15(3,4)5/h8-11H,6-7H2,1-5H3. The molecule has 1 heterocycles. The quantitative estimate of drug-likeness (QED) is 0.765. The zero-order valence-electron chi connectivity index (χ0n) is 11.6. The molecule has 0 spiro atoms. The molecule has 0 unspecified atom stereocenters. The summed E-state index contributed by atoms with van der Waals surface area (Å²) in [5, 5.41) is 0. The van der Waals surface area contributed by atoms with Gasteiger partial charge in [0.25, 0.3) is 5.56 Å². The lowest BCUT2D eigenvalue weighted by Crippen LogP contribution is -2.31. The molecule has 94 valence electrons. The lowest BCUT2D eigenvalue weighted by atomic mass is 9.86. The van der Waals surface area contributed by atoms with Crippen molar-refractivity contribution in [2.45, 2.75) is 64.8 Å². The van der Waals surface area contributed by atoms with Crippen molar-refractivity contribution in [2.75, 3.05) is 0 Å². The lowest BCUT2D eigenvalue weighted by molar-refractivity contribution is 0.529. The van der Waals surface area contributed by atoms with E-state index >= 15 is 0 Å². The fourth-order valence-corrected chi connectivity index (χ4v) is 2.18. The van der Waals surface area contributed by atoms with Crippen LogP contribution in [0.3, 0.4) is 0 Å². The second kappa shape index (κ2) is 4.01. The van der Waals surface area contributed by atoms with Crippen LogP contribution in [0.25, 0.3) is 0 Å². The molecule has 17 heavy (non-hydrogen) atoms. The normalized spacial score (nSPS) is 16.6. The molecule has 1 aromatic heterocycles. The average Bonchev–Trinajstić information content (AvgIpc) is 2.99. The van der Waals surface area contributed by atoms with E-state index in [1.807, 2.05) is 4.57 Å². The van der Waals surface area contributed by atoms with Gasteiger partial charge in [-0.05, 0) is 49.7 Å². The summed E-state index contributed by atoms with van der Waals surface area (Å²) in [7, 11) is 0. The van der Waals surface area contributed by atoms with Crippen LogP contribution in [0.5, 0.6) is 0 Å². The monoisotopic (exact) mass is 233 g/mol. The van der Waals surface area contributed by atoms with Crippen LogP contribution in [0.15, 0.2) is 17.1 Å². The van der Waals surface area contributed by atoms with Crippen LogP contribution in [0.4, 0.5) is 0 Å². The van der Waals surface area contributed by atoms with E-state index in [0.29, 0.717) is 5.92 Å². The van der Waals surface area contributed by atoms with Gasteiger partial charge < -0.3 is 4.57 Å². The highest BCUT2D eigenvalue weighted by molar-refractivity contribution is 5.30. The van der Waals surface area contributed by atoms with E-state index in [-0.39, 0.29) is 17.0 Å². The first-order valence-corrected chi connectivity index (χ1v) is 6.57. The third kappa shape index (κ3) is 2.46. The third-order valence-electron chi connectivity index (χ3n) is 3.48.